The summed E-state index contributed by atoms with van der Waals surface area (Å²) in [4.78, 5) is 2.41. The first-order chi connectivity index (χ1) is 8.29. The van der Waals surface area contributed by atoms with E-state index in [-0.39, 0.29) is 0 Å². The second kappa shape index (κ2) is 5.70. The molecule has 1 fully saturated rings. The van der Waals surface area contributed by atoms with Gasteiger partial charge in [-0.05, 0) is 37.5 Å². The first-order valence-electron chi connectivity index (χ1n) is 6.21. The predicted molar refractivity (Wildman–Crippen MR) is 70.0 cm³/mol. The maximum Gasteiger partial charge on any atom is 0.0843 e. The van der Waals surface area contributed by atoms with E-state index in [1.165, 1.54) is 24.1 Å². The van der Waals surface area contributed by atoms with Gasteiger partial charge in [0.2, 0.25) is 0 Å². The fourth-order valence-corrected chi connectivity index (χ4v) is 2.39. The molecule has 3 nitrogen and oxygen atoms in total. The van der Waals surface area contributed by atoms with E-state index in [1.54, 1.807) is 0 Å². The van der Waals surface area contributed by atoms with Crippen LogP contribution < -0.4 is 10.2 Å². The Bertz CT molecular complexity index is 408. The monoisotopic (exact) mass is 229 g/mol. The molecule has 1 atom stereocenters. The molecule has 1 aliphatic rings. The van der Waals surface area contributed by atoms with E-state index in [0.29, 0.717) is 12.6 Å². The molecule has 1 heterocycles. The van der Waals surface area contributed by atoms with E-state index >= 15 is 0 Å². The Morgan fingerprint density at radius 3 is 3.18 bits per heavy atom. The summed E-state index contributed by atoms with van der Waals surface area (Å²) >= 11 is 0. The van der Waals surface area contributed by atoms with E-state index in [1.807, 2.05) is 0 Å². The van der Waals surface area contributed by atoms with Crippen LogP contribution in [-0.4, -0.2) is 25.7 Å². The molecule has 17 heavy (non-hydrogen) atoms. The van der Waals surface area contributed by atoms with E-state index in [9.17, 15) is 0 Å². The highest BCUT2D eigenvalue weighted by Crippen LogP contribution is 2.20. The Morgan fingerprint density at radius 2 is 2.41 bits per heavy atom. The van der Waals surface area contributed by atoms with Crippen LogP contribution in [0.3, 0.4) is 0 Å². The summed E-state index contributed by atoms with van der Waals surface area (Å²) in [5.41, 5.74) is 2.60. The maximum absolute atomic E-state index is 8.59. The lowest BCUT2D eigenvalue weighted by Gasteiger charge is -2.34. The number of rotatable bonds is 3. The van der Waals surface area contributed by atoms with Gasteiger partial charge in [0, 0.05) is 24.8 Å². The molecule has 90 valence electrons. The van der Waals surface area contributed by atoms with Crippen LogP contribution in [-0.2, 0) is 0 Å². The number of nitrogens with zero attached hydrogens (tertiary/aromatic N) is 2. The molecular weight excluding hydrogens is 210 g/mol. The predicted octanol–water partition coefficient (Wildman–Crippen LogP) is 2.08. The zero-order valence-corrected chi connectivity index (χ0v) is 10.3. The Hall–Kier alpha value is -1.53. The molecule has 1 unspecified atom stereocenters. The Kier molecular flexibility index (Phi) is 4.00. The van der Waals surface area contributed by atoms with Crippen molar-refractivity contribution in [3.05, 3.63) is 29.8 Å². The van der Waals surface area contributed by atoms with Gasteiger partial charge in [-0.2, -0.15) is 5.26 Å². The smallest absolute Gasteiger partial charge is 0.0843 e. The molecule has 0 aliphatic carbocycles. The molecule has 0 amide bonds. The average molecular weight is 229 g/mol. The maximum atomic E-state index is 8.59. The first-order valence-corrected chi connectivity index (χ1v) is 6.21. The SMILES string of the molecule is Cc1cccc(N2CCCC(NCC#N)C2)c1. The normalized spacial score (nSPS) is 20.0. The van der Waals surface area contributed by atoms with Crippen LogP contribution in [0.4, 0.5) is 5.69 Å². The molecular formula is C14H19N3. The highest BCUT2D eigenvalue weighted by Gasteiger charge is 2.19. The second-order valence-electron chi connectivity index (χ2n) is 4.66. The summed E-state index contributed by atoms with van der Waals surface area (Å²) in [6.07, 6.45) is 2.36. The number of nitriles is 1. The fraction of sp³-hybridized carbons (Fsp3) is 0.500. The average Bonchev–Trinajstić information content (AvgIpc) is 2.37. The minimum atomic E-state index is 0.448. The van der Waals surface area contributed by atoms with Gasteiger partial charge in [0.05, 0.1) is 12.6 Å². The van der Waals surface area contributed by atoms with Gasteiger partial charge < -0.3 is 4.90 Å². The molecule has 1 aliphatic heterocycles. The summed E-state index contributed by atoms with van der Waals surface area (Å²) < 4.78 is 0. The topological polar surface area (TPSA) is 39.1 Å². The van der Waals surface area contributed by atoms with Crippen molar-refractivity contribution in [2.45, 2.75) is 25.8 Å². The van der Waals surface area contributed by atoms with Crippen molar-refractivity contribution in [2.24, 2.45) is 0 Å². The standard InChI is InChI=1S/C14H19N3/c1-12-4-2-6-14(10-12)17-9-3-5-13(11-17)16-8-7-15/h2,4,6,10,13,16H,3,5,8-9,11H2,1H3. The summed E-state index contributed by atoms with van der Waals surface area (Å²) in [5.74, 6) is 0. The van der Waals surface area contributed by atoms with E-state index < -0.39 is 0 Å². The number of anilines is 1. The van der Waals surface area contributed by atoms with Gasteiger partial charge in [-0.15, -0.1) is 0 Å². The lowest BCUT2D eigenvalue weighted by atomic mass is 10.0. The third kappa shape index (κ3) is 3.21. The van der Waals surface area contributed by atoms with Gasteiger partial charge in [0.1, 0.15) is 0 Å². The number of nitrogens with one attached hydrogen (secondary N) is 1. The summed E-state index contributed by atoms with van der Waals surface area (Å²) in [6.45, 7) is 4.70. The molecule has 1 aromatic carbocycles. The van der Waals surface area contributed by atoms with Crippen LogP contribution >= 0.6 is 0 Å². The van der Waals surface area contributed by atoms with Crippen molar-refractivity contribution in [3.63, 3.8) is 0 Å². The van der Waals surface area contributed by atoms with Crippen LogP contribution in [0.15, 0.2) is 24.3 Å². The van der Waals surface area contributed by atoms with Crippen molar-refractivity contribution >= 4 is 5.69 Å². The minimum Gasteiger partial charge on any atom is -0.370 e. The van der Waals surface area contributed by atoms with Gasteiger partial charge in [0.25, 0.3) is 0 Å². The number of hydrogen-bond donors (Lipinski definition) is 1. The van der Waals surface area contributed by atoms with Crippen molar-refractivity contribution in [3.8, 4) is 6.07 Å². The largest absolute Gasteiger partial charge is 0.370 e. The summed E-state index contributed by atoms with van der Waals surface area (Å²) in [6, 6.07) is 11.2. The molecule has 3 heteroatoms. The Labute approximate surface area is 103 Å². The number of hydrogen-bond acceptors (Lipinski definition) is 3. The van der Waals surface area contributed by atoms with Gasteiger partial charge in [-0.3, -0.25) is 5.32 Å². The highest BCUT2D eigenvalue weighted by atomic mass is 15.2. The zero-order valence-electron chi connectivity index (χ0n) is 10.3. The molecule has 0 spiro atoms. The van der Waals surface area contributed by atoms with Gasteiger partial charge in [-0.1, -0.05) is 12.1 Å². The van der Waals surface area contributed by atoms with Crippen molar-refractivity contribution in [1.29, 1.82) is 5.26 Å². The zero-order chi connectivity index (χ0) is 12.1. The van der Waals surface area contributed by atoms with E-state index in [4.69, 9.17) is 5.26 Å². The second-order valence-corrected chi connectivity index (χ2v) is 4.66. The fourth-order valence-electron chi connectivity index (χ4n) is 2.39. The van der Waals surface area contributed by atoms with Crippen LogP contribution in [0.2, 0.25) is 0 Å². The first kappa shape index (κ1) is 11.9. The lowest BCUT2D eigenvalue weighted by molar-refractivity contribution is 0.439. The lowest BCUT2D eigenvalue weighted by Crippen LogP contribution is -2.45. The number of aryl methyl sites for hydroxylation is 1. The summed E-state index contributed by atoms with van der Waals surface area (Å²) in [7, 11) is 0. The van der Waals surface area contributed by atoms with Crippen LogP contribution in [0, 0.1) is 18.3 Å². The van der Waals surface area contributed by atoms with Gasteiger partial charge >= 0.3 is 0 Å². The van der Waals surface area contributed by atoms with E-state index in [2.05, 4.69) is 47.5 Å². The highest BCUT2D eigenvalue weighted by molar-refractivity contribution is 5.48. The number of piperidine rings is 1. The molecule has 1 aromatic rings. The quantitative estimate of drug-likeness (QED) is 0.807. The van der Waals surface area contributed by atoms with Gasteiger partial charge in [-0.25, -0.2) is 0 Å². The molecule has 0 aromatic heterocycles. The minimum absolute atomic E-state index is 0.448. The van der Waals surface area contributed by atoms with Crippen molar-refractivity contribution in [2.75, 3.05) is 24.5 Å². The third-order valence-corrected chi connectivity index (χ3v) is 3.26. The molecule has 2 rings (SSSR count). The molecule has 0 saturated carbocycles. The van der Waals surface area contributed by atoms with Crippen molar-refractivity contribution in [1.82, 2.24) is 5.32 Å². The van der Waals surface area contributed by atoms with Crippen LogP contribution in [0.5, 0.6) is 0 Å². The van der Waals surface area contributed by atoms with E-state index in [0.717, 1.165) is 13.1 Å². The Balaban J connectivity index is 2.00. The van der Waals surface area contributed by atoms with Crippen molar-refractivity contribution < 1.29 is 0 Å². The van der Waals surface area contributed by atoms with Crippen LogP contribution in [0.1, 0.15) is 18.4 Å². The molecule has 0 bridgehead atoms. The number of benzene rings is 1. The molecule has 0 radical (unpaired) electrons. The van der Waals surface area contributed by atoms with Crippen LogP contribution in [0.25, 0.3) is 0 Å². The summed E-state index contributed by atoms with van der Waals surface area (Å²) in [5, 5.41) is 11.9. The van der Waals surface area contributed by atoms with Gasteiger partial charge in [0.15, 0.2) is 0 Å². The Morgan fingerprint density at radius 1 is 1.53 bits per heavy atom. The third-order valence-electron chi connectivity index (χ3n) is 3.26. The molecule has 1 N–H and O–H groups in total. The molecule has 1 saturated heterocycles.